The van der Waals surface area contributed by atoms with Crippen molar-refractivity contribution in [2.45, 2.75) is 26.2 Å². The van der Waals surface area contributed by atoms with Gasteiger partial charge < -0.3 is 16.2 Å². The fourth-order valence-electron chi connectivity index (χ4n) is 2.71. The molecule has 1 aromatic rings. The number of anilines is 2. The van der Waals surface area contributed by atoms with Crippen molar-refractivity contribution in [3.63, 3.8) is 0 Å². The molecule has 0 saturated heterocycles. The van der Waals surface area contributed by atoms with Crippen molar-refractivity contribution >= 4 is 11.4 Å². The van der Waals surface area contributed by atoms with E-state index in [9.17, 15) is 9.50 Å². The molecule has 4 heteroatoms. The molecule has 1 aliphatic rings. The molecular weight excluding hydrogens is 231 g/mol. The van der Waals surface area contributed by atoms with Crippen LogP contribution in [-0.4, -0.2) is 18.3 Å². The van der Waals surface area contributed by atoms with Gasteiger partial charge in [-0.2, -0.15) is 0 Å². The fraction of sp³-hybridized carbons (Fsp3) is 0.571. The van der Waals surface area contributed by atoms with Crippen LogP contribution in [0.1, 0.15) is 24.8 Å². The third kappa shape index (κ3) is 2.75. The zero-order valence-electron chi connectivity index (χ0n) is 10.7. The van der Waals surface area contributed by atoms with Gasteiger partial charge in [-0.25, -0.2) is 4.39 Å². The SMILES string of the molecule is Cc1cc(NCC2CCCC2CO)c(N)cc1F. The molecular formula is C14H21FN2O. The van der Waals surface area contributed by atoms with Crippen LogP contribution >= 0.6 is 0 Å². The van der Waals surface area contributed by atoms with Gasteiger partial charge in [0.05, 0.1) is 11.4 Å². The standard InChI is InChI=1S/C14H21FN2O/c1-9-5-14(13(16)6-12(9)15)17-7-10-3-2-4-11(10)8-18/h5-6,10-11,17-18H,2-4,7-8,16H2,1H3. The summed E-state index contributed by atoms with van der Waals surface area (Å²) in [6.45, 7) is 2.77. The first kappa shape index (κ1) is 13.1. The number of benzene rings is 1. The summed E-state index contributed by atoms with van der Waals surface area (Å²) in [5.74, 6) is 0.604. The molecule has 0 heterocycles. The Hall–Kier alpha value is -1.29. The number of nitrogens with one attached hydrogen (secondary N) is 1. The van der Waals surface area contributed by atoms with E-state index in [2.05, 4.69) is 5.32 Å². The Morgan fingerprint density at radius 2 is 2.11 bits per heavy atom. The lowest BCUT2D eigenvalue weighted by Gasteiger charge is -2.19. The van der Waals surface area contributed by atoms with Gasteiger partial charge in [0, 0.05) is 13.2 Å². The smallest absolute Gasteiger partial charge is 0.128 e. The molecule has 1 aromatic carbocycles. The number of aryl methyl sites for hydroxylation is 1. The second-order valence-corrected chi connectivity index (χ2v) is 5.20. The minimum atomic E-state index is -0.271. The lowest BCUT2D eigenvalue weighted by atomic mass is 9.97. The van der Waals surface area contributed by atoms with Crippen LogP contribution < -0.4 is 11.1 Å². The second-order valence-electron chi connectivity index (χ2n) is 5.20. The van der Waals surface area contributed by atoms with Crippen LogP contribution in [0.25, 0.3) is 0 Å². The minimum absolute atomic E-state index is 0.254. The summed E-state index contributed by atoms with van der Waals surface area (Å²) in [4.78, 5) is 0. The zero-order valence-corrected chi connectivity index (χ0v) is 10.7. The molecule has 2 unspecified atom stereocenters. The summed E-state index contributed by atoms with van der Waals surface area (Å²) in [7, 11) is 0. The van der Waals surface area contributed by atoms with Gasteiger partial charge in [-0.15, -0.1) is 0 Å². The quantitative estimate of drug-likeness (QED) is 0.722. The zero-order chi connectivity index (χ0) is 13.1. The predicted octanol–water partition coefficient (Wildman–Crippen LogP) is 2.54. The Kier molecular flexibility index (Phi) is 4.07. The number of hydrogen-bond donors (Lipinski definition) is 3. The van der Waals surface area contributed by atoms with E-state index in [1.165, 1.54) is 12.5 Å². The maximum atomic E-state index is 13.3. The maximum absolute atomic E-state index is 13.3. The molecule has 18 heavy (non-hydrogen) atoms. The molecule has 0 spiro atoms. The summed E-state index contributed by atoms with van der Waals surface area (Å²) >= 11 is 0. The van der Waals surface area contributed by atoms with Crippen LogP contribution in [-0.2, 0) is 0 Å². The van der Waals surface area contributed by atoms with E-state index in [0.717, 1.165) is 25.1 Å². The van der Waals surface area contributed by atoms with Crippen LogP contribution in [0.3, 0.4) is 0 Å². The van der Waals surface area contributed by atoms with Crippen molar-refractivity contribution in [1.29, 1.82) is 0 Å². The Balaban J connectivity index is 2.00. The normalized spacial score (nSPS) is 23.3. The number of aliphatic hydroxyl groups excluding tert-OH is 1. The molecule has 2 atom stereocenters. The molecule has 100 valence electrons. The summed E-state index contributed by atoms with van der Waals surface area (Å²) in [5.41, 5.74) is 7.62. The molecule has 0 radical (unpaired) electrons. The Morgan fingerprint density at radius 1 is 1.39 bits per heavy atom. The molecule has 1 saturated carbocycles. The maximum Gasteiger partial charge on any atom is 0.128 e. The highest BCUT2D eigenvalue weighted by atomic mass is 19.1. The summed E-state index contributed by atoms with van der Waals surface area (Å²) in [5, 5.41) is 12.6. The van der Waals surface area contributed by atoms with Crippen molar-refractivity contribution in [3.8, 4) is 0 Å². The minimum Gasteiger partial charge on any atom is -0.397 e. The summed E-state index contributed by atoms with van der Waals surface area (Å²) in [6, 6.07) is 3.10. The molecule has 3 nitrogen and oxygen atoms in total. The first-order chi connectivity index (χ1) is 8.61. The van der Waals surface area contributed by atoms with Crippen LogP contribution in [0.5, 0.6) is 0 Å². The monoisotopic (exact) mass is 252 g/mol. The number of rotatable bonds is 4. The molecule has 2 rings (SSSR count). The fourth-order valence-corrected chi connectivity index (χ4v) is 2.71. The van der Waals surface area contributed by atoms with Gasteiger partial charge in [-0.05, 0) is 49.3 Å². The van der Waals surface area contributed by atoms with E-state index in [1.807, 2.05) is 0 Å². The largest absolute Gasteiger partial charge is 0.397 e. The number of halogens is 1. The van der Waals surface area contributed by atoms with Crippen LogP contribution in [0, 0.1) is 24.6 Å². The molecule has 1 fully saturated rings. The predicted molar refractivity (Wildman–Crippen MR) is 72.0 cm³/mol. The average Bonchev–Trinajstić information content (AvgIpc) is 2.79. The van der Waals surface area contributed by atoms with Crippen molar-refractivity contribution in [1.82, 2.24) is 0 Å². The van der Waals surface area contributed by atoms with E-state index < -0.39 is 0 Å². The number of aliphatic hydroxyl groups is 1. The number of nitrogen functional groups attached to an aromatic ring is 1. The molecule has 0 bridgehead atoms. The van der Waals surface area contributed by atoms with Crippen molar-refractivity contribution in [3.05, 3.63) is 23.5 Å². The van der Waals surface area contributed by atoms with Gasteiger partial charge in [0.2, 0.25) is 0 Å². The Morgan fingerprint density at radius 3 is 2.83 bits per heavy atom. The third-order valence-electron chi connectivity index (χ3n) is 3.94. The van der Waals surface area contributed by atoms with Gasteiger partial charge in [0.15, 0.2) is 0 Å². The molecule has 0 amide bonds. The highest BCUT2D eigenvalue weighted by molar-refractivity contribution is 5.67. The first-order valence-corrected chi connectivity index (χ1v) is 6.52. The first-order valence-electron chi connectivity index (χ1n) is 6.52. The highest BCUT2D eigenvalue weighted by Crippen LogP contribution is 2.32. The molecule has 0 aromatic heterocycles. The van der Waals surface area contributed by atoms with Crippen LogP contribution in [0.4, 0.5) is 15.8 Å². The van der Waals surface area contributed by atoms with Gasteiger partial charge in [0.25, 0.3) is 0 Å². The Bertz CT molecular complexity index is 423. The van der Waals surface area contributed by atoms with Gasteiger partial charge in [-0.1, -0.05) is 6.42 Å². The highest BCUT2D eigenvalue weighted by Gasteiger charge is 2.26. The second kappa shape index (κ2) is 5.57. The number of hydrogen-bond acceptors (Lipinski definition) is 3. The van der Waals surface area contributed by atoms with E-state index in [1.54, 1.807) is 13.0 Å². The average molecular weight is 252 g/mol. The molecule has 4 N–H and O–H groups in total. The van der Waals surface area contributed by atoms with Gasteiger partial charge >= 0.3 is 0 Å². The topological polar surface area (TPSA) is 58.3 Å². The van der Waals surface area contributed by atoms with Crippen molar-refractivity contribution < 1.29 is 9.50 Å². The Labute approximate surface area is 107 Å². The summed E-state index contributed by atoms with van der Waals surface area (Å²) < 4.78 is 13.3. The molecule has 1 aliphatic carbocycles. The van der Waals surface area contributed by atoms with Gasteiger partial charge in [-0.3, -0.25) is 0 Å². The lowest BCUT2D eigenvalue weighted by Crippen LogP contribution is -2.21. The lowest BCUT2D eigenvalue weighted by molar-refractivity contribution is 0.199. The van der Waals surface area contributed by atoms with E-state index in [-0.39, 0.29) is 12.4 Å². The number of nitrogens with two attached hydrogens (primary N) is 1. The van der Waals surface area contributed by atoms with E-state index in [4.69, 9.17) is 5.73 Å². The van der Waals surface area contributed by atoms with Gasteiger partial charge in [0.1, 0.15) is 5.82 Å². The van der Waals surface area contributed by atoms with Crippen molar-refractivity contribution in [2.75, 3.05) is 24.2 Å². The summed E-state index contributed by atoms with van der Waals surface area (Å²) in [6.07, 6.45) is 3.41. The van der Waals surface area contributed by atoms with Crippen LogP contribution in [0.2, 0.25) is 0 Å². The van der Waals surface area contributed by atoms with Crippen LogP contribution in [0.15, 0.2) is 12.1 Å². The van der Waals surface area contributed by atoms with Crippen molar-refractivity contribution in [2.24, 2.45) is 11.8 Å². The molecule has 0 aliphatic heterocycles. The van der Waals surface area contributed by atoms with E-state index >= 15 is 0 Å². The van der Waals surface area contributed by atoms with E-state index in [0.29, 0.717) is 23.1 Å². The third-order valence-corrected chi connectivity index (χ3v) is 3.94.